The quantitative estimate of drug-likeness (QED) is 0.758. The second-order valence-electron chi connectivity index (χ2n) is 6.92. The Morgan fingerprint density at radius 3 is 2.32 bits per heavy atom. The minimum absolute atomic E-state index is 0.0513. The number of nitrogens with zero attached hydrogens (tertiary/aromatic N) is 3. The molecule has 0 spiro atoms. The van der Waals surface area contributed by atoms with Gasteiger partial charge in [-0.3, -0.25) is 9.59 Å². The zero-order chi connectivity index (χ0) is 19.5. The number of hydrogen-bond donors (Lipinski definition) is 1. The molecule has 0 radical (unpaired) electrons. The molecule has 0 unspecified atom stereocenters. The van der Waals surface area contributed by atoms with Crippen LogP contribution in [0.25, 0.3) is 5.69 Å². The highest BCUT2D eigenvalue weighted by Gasteiger charge is 2.20. The van der Waals surface area contributed by atoms with Gasteiger partial charge in [0.15, 0.2) is 0 Å². The average Bonchev–Trinajstić information content (AvgIpc) is 3.39. The third-order valence-electron chi connectivity index (χ3n) is 5.04. The van der Waals surface area contributed by atoms with Gasteiger partial charge in [0.05, 0.1) is 23.1 Å². The van der Waals surface area contributed by atoms with Crippen LogP contribution >= 0.6 is 0 Å². The van der Waals surface area contributed by atoms with Gasteiger partial charge in [-0.15, -0.1) is 0 Å². The van der Waals surface area contributed by atoms with Gasteiger partial charge in [-0.1, -0.05) is 18.2 Å². The Balaban J connectivity index is 1.47. The van der Waals surface area contributed by atoms with E-state index in [0.29, 0.717) is 16.8 Å². The number of benzene rings is 2. The molecule has 142 valence electrons. The Bertz CT molecular complexity index is 987. The van der Waals surface area contributed by atoms with Crippen LogP contribution in [0.3, 0.4) is 0 Å². The average molecular weight is 374 g/mol. The highest BCUT2D eigenvalue weighted by atomic mass is 16.2. The summed E-state index contributed by atoms with van der Waals surface area (Å²) in [4.78, 5) is 26.9. The fourth-order valence-electron chi connectivity index (χ4n) is 3.46. The first-order chi connectivity index (χ1) is 13.6. The van der Waals surface area contributed by atoms with E-state index in [0.717, 1.165) is 37.3 Å². The smallest absolute Gasteiger partial charge is 0.259 e. The van der Waals surface area contributed by atoms with E-state index in [1.165, 1.54) is 0 Å². The Hall–Kier alpha value is -3.41. The van der Waals surface area contributed by atoms with Crippen LogP contribution in [0, 0.1) is 6.92 Å². The monoisotopic (exact) mass is 374 g/mol. The molecule has 1 aliphatic rings. The number of rotatable bonds is 4. The zero-order valence-corrected chi connectivity index (χ0v) is 15.8. The Morgan fingerprint density at radius 1 is 0.964 bits per heavy atom. The largest absolute Gasteiger partial charge is 0.339 e. The molecule has 3 aromatic rings. The molecule has 2 aromatic carbocycles. The van der Waals surface area contributed by atoms with E-state index < -0.39 is 0 Å². The number of anilines is 1. The van der Waals surface area contributed by atoms with Crippen molar-refractivity contribution in [2.75, 3.05) is 18.4 Å². The number of likely N-dealkylation sites (tertiary alicyclic amines) is 1. The maximum atomic E-state index is 12.7. The maximum Gasteiger partial charge on any atom is 0.259 e. The van der Waals surface area contributed by atoms with Crippen molar-refractivity contribution in [3.63, 3.8) is 0 Å². The van der Waals surface area contributed by atoms with Gasteiger partial charge in [0, 0.05) is 24.3 Å². The van der Waals surface area contributed by atoms with E-state index in [1.54, 1.807) is 35.1 Å². The number of nitrogens with one attached hydrogen (secondary N) is 1. The van der Waals surface area contributed by atoms with Crippen LogP contribution in [0.2, 0.25) is 0 Å². The molecule has 4 rings (SSSR count). The Labute approximate surface area is 163 Å². The number of carbonyl (C=O) groups excluding carboxylic acids is 2. The zero-order valence-electron chi connectivity index (χ0n) is 15.8. The molecule has 1 fully saturated rings. The lowest BCUT2D eigenvalue weighted by atomic mass is 10.1. The molecule has 1 aromatic heterocycles. The molecule has 1 N–H and O–H groups in total. The first-order valence-corrected chi connectivity index (χ1v) is 9.44. The molecule has 0 atom stereocenters. The lowest BCUT2D eigenvalue weighted by Crippen LogP contribution is -2.27. The van der Waals surface area contributed by atoms with Gasteiger partial charge in [-0.2, -0.15) is 5.10 Å². The summed E-state index contributed by atoms with van der Waals surface area (Å²) in [6.45, 7) is 3.51. The van der Waals surface area contributed by atoms with Crippen molar-refractivity contribution in [3.05, 3.63) is 77.6 Å². The third-order valence-corrected chi connectivity index (χ3v) is 5.04. The molecule has 0 bridgehead atoms. The van der Waals surface area contributed by atoms with Crippen molar-refractivity contribution in [1.82, 2.24) is 14.7 Å². The lowest BCUT2D eigenvalue weighted by molar-refractivity contribution is 0.0792. The molecule has 1 saturated heterocycles. The van der Waals surface area contributed by atoms with Crippen molar-refractivity contribution in [3.8, 4) is 5.69 Å². The lowest BCUT2D eigenvalue weighted by Gasteiger charge is -2.15. The molecular weight excluding hydrogens is 352 g/mol. The first kappa shape index (κ1) is 18.0. The number of para-hydroxylation sites is 1. The van der Waals surface area contributed by atoms with Crippen LogP contribution in [0.4, 0.5) is 5.69 Å². The van der Waals surface area contributed by atoms with Gasteiger partial charge in [0.1, 0.15) is 0 Å². The molecule has 6 heteroatoms. The van der Waals surface area contributed by atoms with Gasteiger partial charge >= 0.3 is 0 Å². The molecular formula is C22H22N4O2. The molecule has 1 aliphatic heterocycles. The topological polar surface area (TPSA) is 67.2 Å². The number of amides is 2. The molecule has 28 heavy (non-hydrogen) atoms. The number of aromatic nitrogens is 2. The fraction of sp³-hybridized carbons (Fsp3) is 0.227. The standard InChI is InChI=1S/C22H22N4O2/c1-16-20(15-23-26(16)19-7-3-2-4-8-19)21(27)24-18-11-9-17(10-12-18)22(28)25-13-5-6-14-25/h2-4,7-12,15H,5-6,13-14H2,1H3,(H,24,27). The first-order valence-electron chi connectivity index (χ1n) is 9.44. The maximum absolute atomic E-state index is 12.7. The van der Waals surface area contributed by atoms with Crippen molar-refractivity contribution < 1.29 is 9.59 Å². The SMILES string of the molecule is Cc1c(C(=O)Nc2ccc(C(=O)N3CCCC3)cc2)cnn1-c1ccccc1. The van der Waals surface area contributed by atoms with E-state index in [-0.39, 0.29) is 11.8 Å². The van der Waals surface area contributed by atoms with Crippen LogP contribution in [-0.2, 0) is 0 Å². The second kappa shape index (κ2) is 7.68. The van der Waals surface area contributed by atoms with Crippen molar-refractivity contribution in [1.29, 1.82) is 0 Å². The number of carbonyl (C=O) groups is 2. The summed E-state index contributed by atoms with van der Waals surface area (Å²) in [5, 5.41) is 7.22. The van der Waals surface area contributed by atoms with Crippen LogP contribution in [0.5, 0.6) is 0 Å². The fourth-order valence-corrected chi connectivity index (χ4v) is 3.46. The van der Waals surface area contributed by atoms with Gasteiger partial charge in [-0.25, -0.2) is 4.68 Å². The summed E-state index contributed by atoms with van der Waals surface area (Å²) in [6, 6.07) is 16.7. The second-order valence-corrected chi connectivity index (χ2v) is 6.92. The summed E-state index contributed by atoms with van der Waals surface area (Å²) < 4.78 is 1.74. The summed E-state index contributed by atoms with van der Waals surface area (Å²) in [5.74, 6) is -0.173. The van der Waals surface area contributed by atoms with Crippen LogP contribution in [0.1, 0.15) is 39.3 Å². The van der Waals surface area contributed by atoms with E-state index in [1.807, 2.05) is 42.2 Å². The van der Waals surface area contributed by atoms with Gasteiger partial charge in [-0.05, 0) is 56.2 Å². The van der Waals surface area contributed by atoms with Crippen LogP contribution in [-0.4, -0.2) is 39.6 Å². The summed E-state index contributed by atoms with van der Waals surface area (Å²) in [6.07, 6.45) is 3.70. The normalized spacial score (nSPS) is 13.5. The minimum atomic E-state index is -0.224. The van der Waals surface area contributed by atoms with Crippen LogP contribution in [0.15, 0.2) is 60.8 Å². The summed E-state index contributed by atoms with van der Waals surface area (Å²) in [5.41, 5.74) is 3.48. The molecule has 2 amide bonds. The molecule has 6 nitrogen and oxygen atoms in total. The predicted molar refractivity (Wildman–Crippen MR) is 108 cm³/mol. The summed E-state index contributed by atoms with van der Waals surface area (Å²) in [7, 11) is 0. The molecule has 0 aliphatic carbocycles. The van der Waals surface area contributed by atoms with Gasteiger partial charge < -0.3 is 10.2 Å². The van der Waals surface area contributed by atoms with Crippen molar-refractivity contribution in [2.24, 2.45) is 0 Å². The summed E-state index contributed by atoms with van der Waals surface area (Å²) >= 11 is 0. The highest BCUT2D eigenvalue weighted by molar-refractivity contribution is 6.05. The minimum Gasteiger partial charge on any atom is -0.339 e. The van der Waals surface area contributed by atoms with Crippen LogP contribution < -0.4 is 5.32 Å². The van der Waals surface area contributed by atoms with Crippen molar-refractivity contribution in [2.45, 2.75) is 19.8 Å². The molecule has 0 saturated carbocycles. The molecule has 2 heterocycles. The Kier molecular flexibility index (Phi) is 4.93. The van der Waals surface area contributed by atoms with Crippen molar-refractivity contribution >= 4 is 17.5 Å². The Morgan fingerprint density at radius 2 is 1.64 bits per heavy atom. The van der Waals surface area contributed by atoms with Gasteiger partial charge in [0.2, 0.25) is 0 Å². The van der Waals surface area contributed by atoms with E-state index in [2.05, 4.69) is 10.4 Å². The van der Waals surface area contributed by atoms with Gasteiger partial charge in [0.25, 0.3) is 11.8 Å². The van der Waals surface area contributed by atoms with E-state index in [4.69, 9.17) is 0 Å². The third kappa shape index (κ3) is 3.53. The highest BCUT2D eigenvalue weighted by Crippen LogP contribution is 2.18. The predicted octanol–water partition coefficient (Wildman–Crippen LogP) is 3.67. The van der Waals surface area contributed by atoms with E-state index >= 15 is 0 Å². The van der Waals surface area contributed by atoms with E-state index in [9.17, 15) is 9.59 Å². The number of hydrogen-bond acceptors (Lipinski definition) is 3.